The molecule has 0 unspecified atom stereocenters. The largest absolute Gasteiger partial charge is 0.378 e. The second kappa shape index (κ2) is 21.3. The van der Waals surface area contributed by atoms with E-state index in [1.807, 2.05) is 74.5 Å². The van der Waals surface area contributed by atoms with E-state index in [1.54, 1.807) is 24.3 Å². The molecule has 0 aliphatic carbocycles. The van der Waals surface area contributed by atoms with Crippen LogP contribution in [0.3, 0.4) is 0 Å². The second-order valence-corrected chi connectivity index (χ2v) is 17.3. The van der Waals surface area contributed by atoms with E-state index in [0.717, 1.165) is 22.3 Å². The highest BCUT2D eigenvalue weighted by Gasteiger charge is 2.31. The highest BCUT2D eigenvalue weighted by molar-refractivity contribution is 7.89. The quantitative estimate of drug-likeness (QED) is 0.218. The number of ether oxygens (including phenoxy) is 3. The molecular weight excluding hydrogens is 769 g/mol. The summed E-state index contributed by atoms with van der Waals surface area (Å²) in [5.74, 6) is -0.882. The van der Waals surface area contributed by atoms with Gasteiger partial charge >= 0.3 is 0 Å². The predicted octanol–water partition coefficient (Wildman–Crippen LogP) is 3.50. The predicted molar refractivity (Wildman–Crippen MR) is 216 cm³/mol. The number of nitrogens with one attached hydrogen (secondary N) is 2. The van der Waals surface area contributed by atoms with Crippen LogP contribution in [0.5, 0.6) is 0 Å². The zero-order valence-electron chi connectivity index (χ0n) is 32.4. The third-order valence-electron chi connectivity index (χ3n) is 9.44. The molecule has 15 heteroatoms. The average Bonchev–Trinajstić information content (AvgIpc) is 3.21. The van der Waals surface area contributed by atoms with Crippen LogP contribution in [0.2, 0.25) is 0 Å². The Morgan fingerprint density at radius 2 is 0.825 bits per heavy atom. The number of sulfonamides is 2. The van der Waals surface area contributed by atoms with E-state index < -0.39 is 43.9 Å². The first kappa shape index (κ1) is 43.6. The summed E-state index contributed by atoms with van der Waals surface area (Å²) in [6, 6.07) is 28.9. The van der Waals surface area contributed by atoms with Crippen LogP contribution in [0.1, 0.15) is 22.3 Å². The molecule has 2 atom stereocenters. The van der Waals surface area contributed by atoms with Crippen LogP contribution >= 0.6 is 0 Å². The Hall–Kier alpha value is -4.48. The molecule has 5 rings (SSSR count). The van der Waals surface area contributed by atoms with Gasteiger partial charge in [0.25, 0.3) is 0 Å². The average molecular weight is 821 g/mol. The zero-order valence-corrected chi connectivity index (χ0v) is 34.1. The van der Waals surface area contributed by atoms with Crippen molar-refractivity contribution >= 4 is 31.9 Å². The van der Waals surface area contributed by atoms with Crippen molar-refractivity contribution in [2.24, 2.45) is 0 Å². The van der Waals surface area contributed by atoms with Gasteiger partial charge in [-0.05, 0) is 62.1 Å². The van der Waals surface area contributed by atoms with Crippen molar-refractivity contribution in [1.82, 2.24) is 19.2 Å². The van der Waals surface area contributed by atoms with Crippen LogP contribution in [0, 0.1) is 13.8 Å². The zero-order chi connectivity index (χ0) is 40.7. The topological polar surface area (TPSA) is 161 Å². The Labute approximate surface area is 336 Å². The fraction of sp³-hybridized carbons (Fsp3) is 0.381. The lowest BCUT2D eigenvalue weighted by Gasteiger charge is -2.29. The molecule has 0 spiro atoms. The van der Waals surface area contributed by atoms with Gasteiger partial charge in [-0.1, -0.05) is 96.1 Å². The Kier molecular flexibility index (Phi) is 16.3. The Balaban J connectivity index is 1.30. The first-order valence-electron chi connectivity index (χ1n) is 19.0. The van der Waals surface area contributed by atoms with E-state index in [9.17, 15) is 26.4 Å². The molecule has 0 aromatic heterocycles. The third-order valence-corrected chi connectivity index (χ3v) is 12.4. The lowest BCUT2D eigenvalue weighted by Crippen LogP contribution is -2.51. The smallest absolute Gasteiger partial charge is 0.241 e. The van der Waals surface area contributed by atoms with Gasteiger partial charge in [-0.2, -0.15) is 9.44 Å². The maximum Gasteiger partial charge on any atom is 0.241 e. The first-order chi connectivity index (χ1) is 27.4. The summed E-state index contributed by atoms with van der Waals surface area (Å²) in [5.41, 5.74) is 3.36. The molecule has 0 radical (unpaired) electrons. The summed E-state index contributed by atoms with van der Waals surface area (Å²) in [7, 11) is -8.12. The van der Waals surface area contributed by atoms with Crippen molar-refractivity contribution in [3.05, 3.63) is 131 Å². The SMILES string of the molecule is Cc1ccc(S(=O)(=O)N[C@H](Cc2ccccc2)C(=O)N2CCOCCOCCN(C(=O)[C@@H](Cc3ccccc3)NS(=O)(=O)c3ccc(C)cc3)CCOCC2)cc1. The molecule has 1 heterocycles. The van der Waals surface area contributed by atoms with Crippen molar-refractivity contribution in [2.45, 2.75) is 48.6 Å². The number of hydrogen-bond acceptors (Lipinski definition) is 9. The highest BCUT2D eigenvalue weighted by atomic mass is 32.2. The van der Waals surface area contributed by atoms with E-state index in [4.69, 9.17) is 14.2 Å². The van der Waals surface area contributed by atoms with Crippen LogP contribution < -0.4 is 9.44 Å². The molecule has 4 aromatic rings. The van der Waals surface area contributed by atoms with Crippen LogP contribution in [0.25, 0.3) is 0 Å². The van der Waals surface area contributed by atoms with Gasteiger partial charge in [0.05, 0.1) is 49.4 Å². The van der Waals surface area contributed by atoms with Gasteiger partial charge in [0.2, 0.25) is 31.9 Å². The molecule has 4 aromatic carbocycles. The molecule has 2 N–H and O–H groups in total. The van der Waals surface area contributed by atoms with Gasteiger partial charge in [0.15, 0.2) is 0 Å². The van der Waals surface area contributed by atoms with E-state index in [1.165, 1.54) is 34.1 Å². The molecule has 1 saturated heterocycles. The first-order valence-corrected chi connectivity index (χ1v) is 21.9. The number of benzene rings is 4. The lowest BCUT2D eigenvalue weighted by molar-refractivity contribution is -0.134. The Morgan fingerprint density at radius 3 is 1.16 bits per heavy atom. The van der Waals surface area contributed by atoms with Gasteiger partial charge in [0.1, 0.15) is 12.1 Å². The van der Waals surface area contributed by atoms with Crippen molar-refractivity contribution < 1.29 is 40.6 Å². The fourth-order valence-corrected chi connectivity index (χ4v) is 8.61. The van der Waals surface area contributed by atoms with Gasteiger partial charge in [-0.25, -0.2) is 16.8 Å². The number of carbonyl (C=O) groups excluding carboxylic acids is 2. The van der Waals surface area contributed by atoms with Crippen molar-refractivity contribution in [2.75, 3.05) is 65.8 Å². The second-order valence-electron chi connectivity index (χ2n) is 13.8. The molecule has 1 fully saturated rings. The van der Waals surface area contributed by atoms with Crippen LogP contribution in [-0.2, 0) is 56.7 Å². The van der Waals surface area contributed by atoms with Crippen LogP contribution in [-0.4, -0.2) is 116 Å². The van der Waals surface area contributed by atoms with E-state index in [0.29, 0.717) is 0 Å². The van der Waals surface area contributed by atoms with Gasteiger partial charge in [0, 0.05) is 26.2 Å². The number of amides is 2. The monoisotopic (exact) mass is 820 g/mol. The van der Waals surface area contributed by atoms with Crippen LogP contribution in [0.4, 0.5) is 0 Å². The number of hydrogen-bond donors (Lipinski definition) is 2. The van der Waals surface area contributed by atoms with Crippen LogP contribution in [0.15, 0.2) is 119 Å². The standard InChI is InChI=1S/C42H52N4O9S2/c1-33-13-17-37(18-14-33)56(49,50)43-39(31-35-9-5-3-6-10-35)41(47)45-21-25-53-26-22-46(24-28-55-30-29-54-27-23-45)42(48)40(32-36-11-7-4-8-12-36)44-57(51,52)38-19-15-34(2)16-20-38/h3-20,39-40,43-44H,21-32H2,1-2H3/t39-,40-/m1/s1. The summed E-state index contributed by atoms with van der Waals surface area (Å²) in [6.45, 7) is 5.25. The number of nitrogens with zero attached hydrogens (tertiary/aromatic N) is 2. The molecule has 2 amide bonds. The van der Waals surface area contributed by atoms with Crippen molar-refractivity contribution in [3.63, 3.8) is 0 Å². The van der Waals surface area contributed by atoms with Gasteiger partial charge in [-0.15, -0.1) is 0 Å². The number of aryl methyl sites for hydroxylation is 2. The van der Waals surface area contributed by atoms with Gasteiger partial charge in [-0.3, -0.25) is 9.59 Å². The summed E-state index contributed by atoms with van der Waals surface area (Å²) in [4.78, 5) is 31.6. The summed E-state index contributed by atoms with van der Waals surface area (Å²) in [6.07, 6.45) is 0.234. The number of carbonyl (C=O) groups is 2. The molecule has 306 valence electrons. The summed E-state index contributed by atoms with van der Waals surface area (Å²) < 4.78 is 77.0. The van der Waals surface area contributed by atoms with E-state index in [2.05, 4.69) is 9.44 Å². The fourth-order valence-electron chi connectivity index (χ4n) is 6.23. The molecule has 1 aliphatic heterocycles. The normalized spacial score (nSPS) is 16.5. The summed E-state index contributed by atoms with van der Waals surface area (Å²) >= 11 is 0. The minimum Gasteiger partial charge on any atom is -0.378 e. The van der Waals surface area contributed by atoms with Crippen molar-refractivity contribution in [3.8, 4) is 0 Å². The minimum atomic E-state index is -4.06. The summed E-state index contributed by atoms with van der Waals surface area (Å²) in [5, 5.41) is 0. The molecule has 0 saturated carbocycles. The van der Waals surface area contributed by atoms with E-state index in [-0.39, 0.29) is 88.5 Å². The Bertz CT molecular complexity index is 1940. The maximum atomic E-state index is 14.2. The number of rotatable bonds is 12. The Morgan fingerprint density at radius 1 is 0.509 bits per heavy atom. The van der Waals surface area contributed by atoms with Gasteiger partial charge < -0.3 is 24.0 Å². The lowest BCUT2D eigenvalue weighted by atomic mass is 10.1. The minimum absolute atomic E-state index is 0.0516. The highest BCUT2D eigenvalue weighted by Crippen LogP contribution is 2.16. The van der Waals surface area contributed by atoms with E-state index >= 15 is 0 Å². The maximum absolute atomic E-state index is 14.2. The molecule has 0 bridgehead atoms. The molecule has 57 heavy (non-hydrogen) atoms. The third kappa shape index (κ3) is 13.6. The molecular formula is C42H52N4O9S2. The molecule has 13 nitrogen and oxygen atoms in total. The van der Waals surface area contributed by atoms with Crippen molar-refractivity contribution in [1.29, 1.82) is 0 Å². The molecule has 1 aliphatic rings.